The molecule has 2 N–H and O–H groups in total. The van der Waals surface area contributed by atoms with Gasteiger partial charge in [-0.05, 0) is 60.4 Å². The number of carboxylic acid groups (broad SMARTS) is 1. The van der Waals surface area contributed by atoms with Crippen LogP contribution in [0.3, 0.4) is 0 Å². The Kier molecular flexibility index (Phi) is 9.26. The average molecular weight is 556 g/mol. The van der Waals surface area contributed by atoms with Crippen LogP contribution in [0.15, 0.2) is 83.9 Å². The lowest BCUT2D eigenvalue weighted by atomic mass is 10.0. The summed E-state index contributed by atoms with van der Waals surface area (Å²) in [5.74, 6) is -1.70. The fourth-order valence-corrected chi connectivity index (χ4v) is 4.26. The van der Waals surface area contributed by atoms with Crippen LogP contribution in [0.4, 0.5) is 18.9 Å². The summed E-state index contributed by atoms with van der Waals surface area (Å²) in [6.45, 7) is 0.930. The topological polar surface area (TPSA) is 100 Å². The Morgan fingerprint density at radius 2 is 1.73 bits per heavy atom. The molecule has 210 valence electrons. The maximum absolute atomic E-state index is 12.5. The number of amides is 1. The lowest BCUT2D eigenvalue weighted by molar-refractivity contribution is -0.274. The van der Waals surface area contributed by atoms with E-state index in [1.54, 1.807) is 12.1 Å². The van der Waals surface area contributed by atoms with Gasteiger partial charge in [-0.1, -0.05) is 42.5 Å². The van der Waals surface area contributed by atoms with Crippen LogP contribution in [0, 0.1) is 0 Å². The van der Waals surface area contributed by atoms with Gasteiger partial charge < -0.3 is 24.8 Å². The van der Waals surface area contributed by atoms with Crippen molar-refractivity contribution >= 4 is 23.6 Å². The summed E-state index contributed by atoms with van der Waals surface area (Å²) in [7, 11) is 0. The van der Waals surface area contributed by atoms with Crippen molar-refractivity contribution in [2.45, 2.75) is 31.7 Å². The summed E-state index contributed by atoms with van der Waals surface area (Å²) in [4.78, 5) is 29.6. The highest BCUT2D eigenvalue weighted by atomic mass is 19.4. The first-order chi connectivity index (χ1) is 19.2. The molecule has 0 aliphatic carbocycles. The molecule has 3 aromatic carbocycles. The summed E-state index contributed by atoms with van der Waals surface area (Å²) in [5, 5.41) is 11.3. The van der Waals surface area contributed by atoms with Gasteiger partial charge in [0.05, 0.1) is 18.2 Å². The molecule has 0 aromatic heterocycles. The maximum atomic E-state index is 12.5. The van der Waals surface area contributed by atoms with Crippen LogP contribution in [-0.2, 0) is 16.0 Å². The zero-order valence-electron chi connectivity index (χ0n) is 21.4. The molecule has 40 heavy (non-hydrogen) atoms. The second-order valence-corrected chi connectivity index (χ2v) is 9.07. The molecule has 11 heteroatoms. The number of aliphatic imine (C=N–C) groups is 1. The molecule has 0 radical (unpaired) electrons. The van der Waals surface area contributed by atoms with Crippen molar-refractivity contribution in [2.24, 2.45) is 4.99 Å². The number of carbonyl (C=O) groups is 2. The van der Waals surface area contributed by atoms with Crippen LogP contribution >= 0.6 is 0 Å². The van der Waals surface area contributed by atoms with E-state index in [0.717, 1.165) is 18.4 Å². The van der Waals surface area contributed by atoms with E-state index in [4.69, 9.17) is 9.84 Å². The largest absolute Gasteiger partial charge is 0.573 e. The maximum Gasteiger partial charge on any atom is 0.573 e. The van der Waals surface area contributed by atoms with Gasteiger partial charge in [-0.3, -0.25) is 9.59 Å². The van der Waals surface area contributed by atoms with Crippen molar-refractivity contribution in [1.82, 2.24) is 10.2 Å². The number of nitrogens with one attached hydrogen (secondary N) is 1. The van der Waals surface area contributed by atoms with Crippen LogP contribution in [0.1, 0.15) is 40.4 Å². The SMILES string of the molecule is O=C(O)CCNC(=O)c1ccc(C2CO/C(=N\c3ccc(OC(F)(F)F)cc3)N2CCCc2ccccc2)cc1. The predicted molar refractivity (Wildman–Crippen MR) is 141 cm³/mol. The Bertz CT molecular complexity index is 1310. The average Bonchev–Trinajstić information content (AvgIpc) is 3.31. The van der Waals surface area contributed by atoms with Crippen LogP contribution < -0.4 is 10.1 Å². The van der Waals surface area contributed by atoms with Crippen LogP contribution in [-0.4, -0.2) is 54.0 Å². The second kappa shape index (κ2) is 13.0. The number of amidine groups is 1. The van der Waals surface area contributed by atoms with Crippen molar-refractivity contribution < 1.29 is 37.3 Å². The molecular formula is C29H28F3N3O5. The molecule has 1 aliphatic heterocycles. The molecule has 3 aromatic rings. The third kappa shape index (κ3) is 8.23. The van der Waals surface area contributed by atoms with E-state index in [2.05, 4.69) is 27.2 Å². The Morgan fingerprint density at radius 3 is 2.38 bits per heavy atom. The number of alkyl halides is 3. The normalized spacial score (nSPS) is 16.0. The molecule has 0 bridgehead atoms. The third-order valence-corrected chi connectivity index (χ3v) is 6.18. The number of benzene rings is 3. The third-order valence-electron chi connectivity index (χ3n) is 6.18. The Hall–Kier alpha value is -4.54. The van der Waals surface area contributed by atoms with Gasteiger partial charge in [0.15, 0.2) is 0 Å². The zero-order valence-corrected chi connectivity index (χ0v) is 21.4. The lowest BCUT2D eigenvalue weighted by Gasteiger charge is -2.24. The monoisotopic (exact) mass is 555 g/mol. The molecule has 1 heterocycles. The summed E-state index contributed by atoms with van der Waals surface area (Å²) in [5.41, 5.74) is 2.89. The quantitative estimate of drug-likeness (QED) is 0.325. The minimum atomic E-state index is -4.78. The van der Waals surface area contributed by atoms with Gasteiger partial charge in [0.25, 0.3) is 11.9 Å². The zero-order chi connectivity index (χ0) is 28.5. The van der Waals surface area contributed by atoms with E-state index in [1.165, 1.54) is 29.8 Å². The minimum absolute atomic E-state index is 0.0324. The summed E-state index contributed by atoms with van der Waals surface area (Å²) >= 11 is 0. The number of halogens is 3. The number of hydrogen-bond donors (Lipinski definition) is 2. The van der Waals surface area contributed by atoms with E-state index in [0.29, 0.717) is 30.4 Å². The molecule has 0 saturated carbocycles. The standard InChI is InChI=1S/C29H28F3N3O5/c30-29(31,32)40-24-14-12-23(13-15-24)34-28-35(18-4-7-20-5-2-1-3-6-20)25(19-39-28)21-8-10-22(11-9-21)27(38)33-17-16-26(36)37/h1-3,5-6,8-15,25H,4,7,16-19H2,(H,33,38)(H,36,37)/b34-28-. The predicted octanol–water partition coefficient (Wildman–Crippen LogP) is 5.48. The van der Waals surface area contributed by atoms with Gasteiger partial charge in [-0.15, -0.1) is 13.2 Å². The van der Waals surface area contributed by atoms with Crippen molar-refractivity contribution in [1.29, 1.82) is 0 Å². The minimum Gasteiger partial charge on any atom is -0.481 e. The Balaban J connectivity index is 1.49. The first kappa shape index (κ1) is 28.5. The van der Waals surface area contributed by atoms with Crippen molar-refractivity contribution in [3.63, 3.8) is 0 Å². The number of ether oxygens (including phenoxy) is 2. The van der Waals surface area contributed by atoms with Gasteiger partial charge >= 0.3 is 12.3 Å². The molecule has 1 saturated heterocycles. The number of aliphatic carboxylic acids is 1. The van der Waals surface area contributed by atoms with E-state index in [-0.39, 0.29) is 30.7 Å². The van der Waals surface area contributed by atoms with Gasteiger partial charge in [0.2, 0.25) is 0 Å². The van der Waals surface area contributed by atoms with Crippen LogP contribution in [0.25, 0.3) is 0 Å². The highest BCUT2D eigenvalue weighted by molar-refractivity contribution is 5.94. The molecular weight excluding hydrogens is 527 g/mol. The van der Waals surface area contributed by atoms with E-state index in [1.807, 2.05) is 35.2 Å². The molecule has 8 nitrogen and oxygen atoms in total. The smallest absolute Gasteiger partial charge is 0.481 e. The Morgan fingerprint density at radius 1 is 1.02 bits per heavy atom. The molecule has 1 fully saturated rings. The summed E-state index contributed by atoms with van der Waals surface area (Å²) in [6.07, 6.45) is -3.32. The first-order valence-electron chi connectivity index (χ1n) is 12.7. The Labute approximate surface area is 229 Å². The highest BCUT2D eigenvalue weighted by Gasteiger charge is 2.33. The van der Waals surface area contributed by atoms with Gasteiger partial charge in [0, 0.05) is 18.7 Å². The second-order valence-electron chi connectivity index (χ2n) is 9.07. The van der Waals surface area contributed by atoms with Gasteiger partial charge in [-0.25, -0.2) is 0 Å². The van der Waals surface area contributed by atoms with Crippen LogP contribution in [0.2, 0.25) is 0 Å². The first-order valence-corrected chi connectivity index (χ1v) is 12.7. The molecule has 1 aliphatic rings. The van der Waals surface area contributed by atoms with E-state index in [9.17, 15) is 22.8 Å². The number of rotatable bonds is 11. The summed E-state index contributed by atoms with van der Waals surface area (Å²) < 4.78 is 47.4. The van der Waals surface area contributed by atoms with Crippen LogP contribution in [0.5, 0.6) is 5.75 Å². The van der Waals surface area contributed by atoms with E-state index >= 15 is 0 Å². The molecule has 0 spiro atoms. The molecule has 1 unspecified atom stereocenters. The van der Waals surface area contributed by atoms with Crippen molar-refractivity contribution in [3.8, 4) is 5.75 Å². The fraction of sp³-hybridized carbons (Fsp3) is 0.276. The fourth-order valence-electron chi connectivity index (χ4n) is 4.26. The number of nitrogens with zero attached hydrogens (tertiary/aromatic N) is 2. The molecule has 4 rings (SSSR count). The number of aryl methyl sites for hydroxylation is 1. The van der Waals surface area contributed by atoms with Crippen molar-refractivity contribution in [2.75, 3.05) is 19.7 Å². The number of carboxylic acids is 1. The molecule has 1 atom stereocenters. The summed E-state index contributed by atoms with van der Waals surface area (Å²) in [6, 6.07) is 22.4. The number of carbonyl (C=O) groups excluding carboxylic acids is 1. The van der Waals surface area contributed by atoms with E-state index < -0.39 is 12.3 Å². The van der Waals surface area contributed by atoms with Gasteiger partial charge in [-0.2, -0.15) is 4.99 Å². The number of hydrogen-bond acceptors (Lipinski definition) is 5. The van der Waals surface area contributed by atoms with Crippen molar-refractivity contribution in [3.05, 3.63) is 95.6 Å². The lowest BCUT2D eigenvalue weighted by Crippen LogP contribution is -2.30. The highest BCUT2D eigenvalue weighted by Crippen LogP contribution is 2.31. The van der Waals surface area contributed by atoms with Gasteiger partial charge in [0.1, 0.15) is 12.4 Å². The molecule has 1 amide bonds.